The molecule has 4 nitrogen and oxygen atoms in total. The molecule has 0 amide bonds. The molecule has 2 aromatic rings. The molecule has 2 rings (SSSR count). The molecule has 0 aliphatic heterocycles. The molecule has 0 fully saturated rings. The molecule has 0 radical (unpaired) electrons. The van der Waals surface area contributed by atoms with Crippen LogP contribution in [0.3, 0.4) is 0 Å². The molecule has 0 atom stereocenters. The first-order chi connectivity index (χ1) is 9.54. The van der Waals surface area contributed by atoms with Crippen LogP contribution in [0, 0.1) is 0 Å². The van der Waals surface area contributed by atoms with Crippen LogP contribution in [0.15, 0.2) is 30.6 Å². The molecule has 1 aromatic carbocycles. The van der Waals surface area contributed by atoms with Crippen LogP contribution < -0.4 is 10.1 Å². The number of halogens is 2. The number of hydrogen-bond acceptors (Lipinski definition) is 4. The fourth-order valence-corrected chi connectivity index (χ4v) is 1.78. The Morgan fingerprint density at radius 2 is 2.00 bits per heavy atom. The lowest BCUT2D eigenvalue weighted by Gasteiger charge is -2.09. The van der Waals surface area contributed by atoms with Crippen LogP contribution in [0.1, 0.15) is 19.5 Å². The van der Waals surface area contributed by atoms with E-state index in [1.807, 2.05) is 0 Å². The molecule has 0 saturated carbocycles. The Bertz CT molecular complexity index is 573. The predicted octanol–water partition coefficient (Wildman–Crippen LogP) is 4.07. The van der Waals surface area contributed by atoms with E-state index in [-0.39, 0.29) is 0 Å². The Morgan fingerprint density at radius 3 is 2.65 bits per heavy atom. The average Bonchev–Trinajstić information content (AvgIpc) is 2.42. The lowest BCUT2D eigenvalue weighted by atomic mass is 10.3. The molecular weight excluding hydrogens is 297 g/mol. The number of rotatable bonds is 5. The number of nitrogens with zero attached hydrogens (tertiary/aromatic N) is 2. The van der Waals surface area contributed by atoms with Crippen molar-refractivity contribution in [2.75, 3.05) is 0 Å². The normalized spacial score (nSPS) is 10.8. The summed E-state index contributed by atoms with van der Waals surface area (Å²) in [6.07, 6.45) is 3.23. The largest absolute Gasteiger partial charge is 0.436 e. The monoisotopic (exact) mass is 311 g/mol. The van der Waals surface area contributed by atoms with Gasteiger partial charge in [-0.1, -0.05) is 37.0 Å². The van der Waals surface area contributed by atoms with Crippen LogP contribution in [-0.2, 0) is 6.54 Å². The highest BCUT2D eigenvalue weighted by atomic mass is 35.5. The van der Waals surface area contributed by atoms with Crippen molar-refractivity contribution in [3.63, 3.8) is 0 Å². The van der Waals surface area contributed by atoms with Gasteiger partial charge < -0.3 is 10.1 Å². The van der Waals surface area contributed by atoms with Crippen LogP contribution in [0.2, 0.25) is 10.0 Å². The molecule has 0 aliphatic rings. The van der Waals surface area contributed by atoms with Crippen molar-refractivity contribution >= 4 is 23.2 Å². The number of nitrogens with one attached hydrogen (secondary N) is 1. The molecule has 6 heteroatoms. The van der Waals surface area contributed by atoms with E-state index in [0.717, 1.165) is 5.69 Å². The summed E-state index contributed by atoms with van der Waals surface area (Å²) in [5, 5.41) is 4.29. The molecule has 106 valence electrons. The molecule has 0 saturated heterocycles. The Balaban J connectivity index is 2.05. The van der Waals surface area contributed by atoms with Gasteiger partial charge in [-0.2, -0.15) is 0 Å². The van der Waals surface area contributed by atoms with Gasteiger partial charge in [0.15, 0.2) is 0 Å². The highest BCUT2D eigenvalue weighted by molar-refractivity contribution is 6.34. The van der Waals surface area contributed by atoms with Crippen LogP contribution in [-0.4, -0.2) is 16.0 Å². The Labute approximate surface area is 128 Å². The van der Waals surface area contributed by atoms with Crippen molar-refractivity contribution < 1.29 is 4.74 Å². The fraction of sp³-hybridized carbons (Fsp3) is 0.286. The van der Waals surface area contributed by atoms with E-state index in [4.69, 9.17) is 27.9 Å². The van der Waals surface area contributed by atoms with Gasteiger partial charge in [0.05, 0.1) is 23.1 Å². The standard InChI is InChI=1S/C14H15Cl2N3O/c1-9(2)17-6-11-7-19-14(8-18-11)20-13-5-10(15)3-4-12(13)16/h3-5,7-9,17H,6H2,1-2H3. The van der Waals surface area contributed by atoms with Crippen LogP contribution in [0.25, 0.3) is 0 Å². The second-order valence-corrected chi connectivity index (χ2v) is 5.40. The number of aromatic nitrogens is 2. The zero-order chi connectivity index (χ0) is 14.5. The van der Waals surface area contributed by atoms with E-state index in [9.17, 15) is 0 Å². The van der Waals surface area contributed by atoms with Crippen LogP contribution in [0.5, 0.6) is 11.6 Å². The van der Waals surface area contributed by atoms with Gasteiger partial charge in [0, 0.05) is 23.7 Å². The van der Waals surface area contributed by atoms with Gasteiger partial charge in [-0.05, 0) is 12.1 Å². The predicted molar refractivity (Wildman–Crippen MR) is 80.5 cm³/mol. The quantitative estimate of drug-likeness (QED) is 0.904. The summed E-state index contributed by atoms with van der Waals surface area (Å²) in [6.45, 7) is 4.82. The maximum atomic E-state index is 6.02. The minimum atomic E-state index is 0.377. The first-order valence-electron chi connectivity index (χ1n) is 6.22. The lowest BCUT2D eigenvalue weighted by molar-refractivity contribution is 0.458. The second kappa shape index (κ2) is 6.88. The first kappa shape index (κ1) is 15.0. The van der Waals surface area contributed by atoms with Crippen LogP contribution in [0.4, 0.5) is 0 Å². The SMILES string of the molecule is CC(C)NCc1cnc(Oc2cc(Cl)ccc2Cl)cn1. The highest BCUT2D eigenvalue weighted by Gasteiger charge is 2.06. The third-order valence-corrected chi connectivity index (χ3v) is 3.03. The van der Waals surface area contributed by atoms with Gasteiger partial charge in [0.2, 0.25) is 5.88 Å². The summed E-state index contributed by atoms with van der Waals surface area (Å²) in [5.74, 6) is 0.837. The molecule has 1 aromatic heterocycles. The van der Waals surface area contributed by atoms with Crippen molar-refractivity contribution in [3.05, 3.63) is 46.3 Å². The molecule has 0 spiro atoms. The van der Waals surface area contributed by atoms with E-state index in [1.54, 1.807) is 30.6 Å². The van der Waals surface area contributed by atoms with Crippen molar-refractivity contribution in [1.29, 1.82) is 0 Å². The highest BCUT2D eigenvalue weighted by Crippen LogP contribution is 2.30. The summed E-state index contributed by atoms with van der Waals surface area (Å²) in [5.41, 5.74) is 0.850. The Kier molecular flexibility index (Phi) is 5.17. The zero-order valence-electron chi connectivity index (χ0n) is 11.2. The van der Waals surface area contributed by atoms with Crippen molar-refractivity contribution in [2.45, 2.75) is 26.4 Å². The molecule has 20 heavy (non-hydrogen) atoms. The summed E-state index contributed by atoms with van der Waals surface area (Å²) < 4.78 is 5.56. The number of hydrogen-bond donors (Lipinski definition) is 1. The van der Waals surface area contributed by atoms with E-state index in [1.165, 1.54) is 0 Å². The lowest BCUT2D eigenvalue weighted by Crippen LogP contribution is -2.22. The first-order valence-corrected chi connectivity index (χ1v) is 6.97. The average molecular weight is 312 g/mol. The van der Waals surface area contributed by atoms with E-state index >= 15 is 0 Å². The third-order valence-electron chi connectivity index (χ3n) is 2.48. The molecular formula is C14H15Cl2N3O. The maximum Gasteiger partial charge on any atom is 0.237 e. The molecule has 1 heterocycles. The third kappa shape index (κ3) is 4.34. The van der Waals surface area contributed by atoms with Gasteiger partial charge in [0.25, 0.3) is 0 Å². The Morgan fingerprint density at radius 1 is 1.20 bits per heavy atom. The summed E-state index contributed by atoms with van der Waals surface area (Å²) >= 11 is 11.9. The molecule has 0 unspecified atom stereocenters. The van der Waals surface area contributed by atoms with E-state index in [0.29, 0.717) is 34.3 Å². The van der Waals surface area contributed by atoms with Gasteiger partial charge in [0.1, 0.15) is 5.75 Å². The van der Waals surface area contributed by atoms with Gasteiger partial charge >= 0.3 is 0 Å². The summed E-state index contributed by atoms with van der Waals surface area (Å²) in [7, 11) is 0. The summed E-state index contributed by atoms with van der Waals surface area (Å²) in [6, 6.07) is 5.41. The fourth-order valence-electron chi connectivity index (χ4n) is 1.46. The van der Waals surface area contributed by atoms with Gasteiger partial charge in [-0.25, -0.2) is 4.98 Å². The molecule has 1 N–H and O–H groups in total. The Hall–Kier alpha value is -1.36. The topological polar surface area (TPSA) is 47.0 Å². The van der Waals surface area contributed by atoms with E-state index in [2.05, 4.69) is 29.1 Å². The molecule has 0 bridgehead atoms. The summed E-state index contributed by atoms with van der Waals surface area (Å²) in [4.78, 5) is 8.47. The minimum Gasteiger partial charge on any atom is -0.436 e. The smallest absolute Gasteiger partial charge is 0.237 e. The number of ether oxygens (including phenoxy) is 1. The van der Waals surface area contributed by atoms with Gasteiger partial charge in [-0.15, -0.1) is 0 Å². The van der Waals surface area contributed by atoms with Gasteiger partial charge in [-0.3, -0.25) is 4.98 Å². The maximum absolute atomic E-state index is 6.02. The molecule has 0 aliphatic carbocycles. The van der Waals surface area contributed by atoms with Crippen molar-refractivity contribution in [3.8, 4) is 11.6 Å². The van der Waals surface area contributed by atoms with Crippen LogP contribution >= 0.6 is 23.2 Å². The van der Waals surface area contributed by atoms with Crippen molar-refractivity contribution in [1.82, 2.24) is 15.3 Å². The van der Waals surface area contributed by atoms with Crippen molar-refractivity contribution in [2.24, 2.45) is 0 Å². The van der Waals surface area contributed by atoms with E-state index < -0.39 is 0 Å². The second-order valence-electron chi connectivity index (χ2n) is 4.56. The minimum absolute atomic E-state index is 0.377. The zero-order valence-corrected chi connectivity index (χ0v) is 12.7. The number of benzene rings is 1.